The smallest absolute Gasteiger partial charge is 0.127 e. The number of nitrogens with zero attached hydrogens (tertiary/aromatic N) is 2. The second-order valence-electron chi connectivity index (χ2n) is 7.80. The number of aromatic nitrogens is 2. The molecule has 0 spiro atoms. The van der Waals surface area contributed by atoms with Gasteiger partial charge in [-0.2, -0.15) is 10.2 Å². The van der Waals surface area contributed by atoms with Gasteiger partial charge in [-0.3, -0.25) is 0 Å². The van der Waals surface area contributed by atoms with Crippen LogP contribution in [0.4, 0.5) is 4.39 Å². The van der Waals surface area contributed by atoms with Crippen molar-refractivity contribution in [3.05, 3.63) is 47.4 Å². The summed E-state index contributed by atoms with van der Waals surface area (Å²) in [6.07, 6.45) is 10.6. The van der Waals surface area contributed by atoms with Crippen LogP contribution in [0.15, 0.2) is 30.3 Å². The number of hydrogen-bond donors (Lipinski definition) is 0. The highest BCUT2D eigenvalue weighted by atomic mass is 19.1. The minimum Gasteiger partial charge on any atom is -0.207 e. The third kappa shape index (κ3) is 4.90. The molecule has 0 unspecified atom stereocenters. The van der Waals surface area contributed by atoms with Gasteiger partial charge in [0.1, 0.15) is 5.82 Å². The first kappa shape index (κ1) is 19.0. The molecule has 1 heterocycles. The molecule has 0 radical (unpaired) electrons. The van der Waals surface area contributed by atoms with Crippen LogP contribution in [0.3, 0.4) is 0 Å². The maximum absolute atomic E-state index is 14.6. The first-order valence-electron chi connectivity index (χ1n) is 10.3. The molecule has 1 fully saturated rings. The first-order valence-corrected chi connectivity index (χ1v) is 10.3. The number of benzene rings is 1. The van der Waals surface area contributed by atoms with E-state index < -0.39 is 0 Å². The molecule has 0 amide bonds. The quantitative estimate of drug-likeness (QED) is 0.576. The van der Waals surface area contributed by atoms with E-state index in [0.29, 0.717) is 0 Å². The van der Waals surface area contributed by atoms with Crippen molar-refractivity contribution < 1.29 is 4.39 Å². The molecule has 1 saturated carbocycles. The Morgan fingerprint density at radius 2 is 1.69 bits per heavy atom. The summed E-state index contributed by atoms with van der Waals surface area (Å²) in [6.45, 7) is 4.42. The van der Waals surface area contributed by atoms with E-state index in [1.54, 1.807) is 6.07 Å². The fraction of sp³-hybridized carbons (Fsp3) is 0.565. The molecule has 1 aromatic carbocycles. The maximum Gasteiger partial charge on any atom is 0.127 e. The van der Waals surface area contributed by atoms with Gasteiger partial charge in [0.25, 0.3) is 0 Å². The lowest BCUT2D eigenvalue weighted by molar-refractivity contribution is 0.258. The molecule has 1 aliphatic rings. The minimum absolute atomic E-state index is 0.107. The van der Waals surface area contributed by atoms with E-state index in [-0.39, 0.29) is 5.82 Å². The lowest BCUT2D eigenvalue weighted by atomic mass is 9.78. The van der Waals surface area contributed by atoms with Crippen molar-refractivity contribution in [1.82, 2.24) is 10.2 Å². The Labute approximate surface area is 157 Å². The summed E-state index contributed by atoms with van der Waals surface area (Å²) in [5, 5.41) is 8.49. The summed E-state index contributed by atoms with van der Waals surface area (Å²) in [5.41, 5.74) is 3.38. The van der Waals surface area contributed by atoms with E-state index in [4.69, 9.17) is 0 Å². The van der Waals surface area contributed by atoms with E-state index in [1.807, 2.05) is 24.3 Å². The van der Waals surface area contributed by atoms with E-state index in [2.05, 4.69) is 24.0 Å². The average Bonchev–Trinajstić information content (AvgIpc) is 2.68. The van der Waals surface area contributed by atoms with Crippen molar-refractivity contribution >= 4 is 0 Å². The zero-order valence-corrected chi connectivity index (χ0v) is 16.2. The number of hydrogen-bond acceptors (Lipinski definition) is 2. The van der Waals surface area contributed by atoms with Crippen LogP contribution < -0.4 is 0 Å². The van der Waals surface area contributed by atoms with Crippen LogP contribution in [0.5, 0.6) is 0 Å². The molecule has 0 saturated heterocycles. The van der Waals surface area contributed by atoms with E-state index >= 15 is 0 Å². The van der Waals surface area contributed by atoms with Crippen LogP contribution in [-0.4, -0.2) is 10.2 Å². The van der Waals surface area contributed by atoms with Gasteiger partial charge in [-0.25, -0.2) is 4.39 Å². The molecule has 0 aliphatic heterocycles. The number of halogens is 1. The molecule has 3 rings (SSSR count). The Bertz CT molecular complexity index is 688. The lowest BCUT2D eigenvalue weighted by Gasteiger charge is -2.27. The van der Waals surface area contributed by atoms with Crippen LogP contribution in [0.25, 0.3) is 11.3 Å². The van der Waals surface area contributed by atoms with Crippen LogP contribution in [0.2, 0.25) is 0 Å². The van der Waals surface area contributed by atoms with Gasteiger partial charge in [-0.1, -0.05) is 64.5 Å². The Kier molecular flexibility index (Phi) is 6.76. The molecule has 0 atom stereocenters. The molecule has 2 nitrogen and oxygen atoms in total. The van der Waals surface area contributed by atoms with Crippen LogP contribution in [-0.2, 0) is 12.8 Å². The normalized spacial score (nSPS) is 20.3. The Morgan fingerprint density at radius 1 is 0.923 bits per heavy atom. The second-order valence-corrected chi connectivity index (χ2v) is 7.80. The summed E-state index contributed by atoms with van der Waals surface area (Å²) in [5.74, 6) is 1.59. The summed E-state index contributed by atoms with van der Waals surface area (Å²) < 4.78 is 14.6. The minimum atomic E-state index is -0.107. The third-order valence-corrected chi connectivity index (χ3v) is 5.94. The predicted octanol–water partition coefficient (Wildman–Crippen LogP) is 6.38. The highest BCUT2D eigenvalue weighted by Crippen LogP contribution is 2.33. The fourth-order valence-electron chi connectivity index (χ4n) is 4.10. The lowest BCUT2D eigenvalue weighted by Crippen LogP contribution is -2.14. The SMILES string of the molecule is CCCc1ccc(-c2ccc(CC[C@H]3CC[C@H](CC)CC3)c(F)c2)nn1. The Hall–Kier alpha value is -1.77. The van der Waals surface area contributed by atoms with Gasteiger partial charge in [0.15, 0.2) is 0 Å². The van der Waals surface area contributed by atoms with Gasteiger partial charge >= 0.3 is 0 Å². The average molecular weight is 355 g/mol. The first-order chi connectivity index (χ1) is 12.7. The van der Waals surface area contributed by atoms with Gasteiger partial charge < -0.3 is 0 Å². The predicted molar refractivity (Wildman–Crippen MR) is 105 cm³/mol. The number of rotatable bonds is 7. The third-order valence-electron chi connectivity index (χ3n) is 5.94. The van der Waals surface area contributed by atoms with Crippen LogP contribution >= 0.6 is 0 Å². The van der Waals surface area contributed by atoms with Gasteiger partial charge in [0.05, 0.1) is 11.4 Å². The Morgan fingerprint density at radius 3 is 2.31 bits per heavy atom. The van der Waals surface area contributed by atoms with Gasteiger partial charge in [0.2, 0.25) is 0 Å². The molecule has 1 aromatic heterocycles. The molecular formula is C23H31FN2. The fourth-order valence-corrected chi connectivity index (χ4v) is 4.10. The van der Waals surface area contributed by atoms with Crippen molar-refractivity contribution in [1.29, 1.82) is 0 Å². The van der Waals surface area contributed by atoms with Crippen LogP contribution in [0, 0.1) is 17.7 Å². The number of aryl methyl sites for hydroxylation is 2. The van der Waals surface area contributed by atoms with Crippen LogP contribution in [0.1, 0.15) is 70.1 Å². The van der Waals surface area contributed by atoms with Crippen molar-refractivity contribution in [3.8, 4) is 11.3 Å². The topological polar surface area (TPSA) is 25.8 Å². The summed E-state index contributed by atoms with van der Waals surface area (Å²) in [4.78, 5) is 0. The summed E-state index contributed by atoms with van der Waals surface area (Å²) in [7, 11) is 0. The summed E-state index contributed by atoms with van der Waals surface area (Å²) in [6, 6.07) is 9.47. The zero-order valence-electron chi connectivity index (χ0n) is 16.2. The monoisotopic (exact) mass is 354 g/mol. The summed E-state index contributed by atoms with van der Waals surface area (Å²) >= 11 is 0. The van der Waals surface area contributed by atoms with E-state index in [9.17, 15) is 4.39 Å². The second kappa shape index (κ2) is 9.25. The largest absolute Gasteiger partial charge is 0.207 e. The van der Waals surface area contributed by atoms with E-state index in [1.165, 1.54) is 32.1 Å². The highest BCUT2D eigenvalue weighted by Gasteiger charge is 2.20. The standard InChI is InChI=1S/C23H31FN2/c1-3-5-21-14-15-23(26-25-21)20-13-12-19(22(24)16-20)11-10-18-8-6-17(4-2)7-9-18/h12-18H,3-11H2,1-2H3/t17-,18-. The highest BCUT2D eigenvalue weighted by molar-refractivity contribution is 5.59. The van der Waals surface area contributed by atoms with Gasteiger partial charge in [-0.05, 0) is 54.9 Å². The van der Waals surface area contributed by atoms with Gasteiger partial charge in [0, 0.05) is 5.56 Å². The molecule has 26 heavy (non-hydrogen) atoms. The van der Waals surface area contributed by atoms with Crippen molar-refractivity contribution in [3.63, 3.8) is 0 Å². The molecule has 3 heteroatoms. The Balaban J connectivity index is 1.59. The van der Waals surface area contributed by atoms with Crippen molar-refractivity contribution in [2.45, 2.75) is 71.6 Å². The molecule has 1 aliphatic carbocycles. The maximum atomic E-state index is 14.6. The molecular weight excluding hydrogens is 323 g/mol. The molecule has 140 valence electrons. The molecule has 0 N–H and O–H groups in total. The molecule has 2 aromatic rings. The van der Waals surface area contributed by atoms with Crippen molar-refractivity contribution in [2.75, 3.05) is 0 Å². The van der Waals surface area contributed by atoms with E-state index in [0.717, 1.165) is 60.0 Å². The zero-order chi connectivity index (χ0) is 18.4. The molecule has 0 bridgehead atoms. The van der Waals surface area contributed by atoms with Gasteiger partial charge in [-0.15, -0.1) is 0 Å². The van der Waals surface area contributed by atoms with Crippen molar-refractivity contribution in [2.24, 2.45) is 11.8 Å².